The number of rotatable bonds is 8. The van der Waals surface area contributed by atoms with Gasteiger partial charge in [0.05, 0.1) is 6.54 Å². The Balaban J connectivity index is 0.00000312. The molecule has 0 amide bonds. The van der Waals surface area contributed by atoms with Crippen molar-refractivity contribution in [1.82, 2.24) is 20.2 Å². The Hall–Kier alpha value is -1.57. The zero-order chi connectivity index (χ0) is 17.2. The summed E-state index contributed by atoms with van der Waals surface area (Å²) in [7, 11) is 1.80. The van der Waals surface area contributed by atoms with E-state index in [1.807, 2.05) is 18.5 Å². The Morgan fingerprint density at radius 3 is 2.64 bits per heavy atom. The van der Waals surface area contributed by atoms with Gasteiger partial charge in [0.25, 0.3) is 0 Å². The summed E-state index contributed by atoms with van der Waals surface area (Å²) in [5.74, 6) is 2.57. The molecular weight excluding hydrogens is 425 g/mol. The highest BCUT2D eigenvalue weighted by molar-refractivity contribution is 14.0. The zero-order valence-electron chi connectivity index (χ0n) is 15.4. The molecule has 1 heterocycles. The minimum Gasteiger partial charge on any atom is -0.356 e. The van der Waals surface area contributed by atoms with E-state index >= 15 is 0 Å². The highest BCUT2D eigenvalue weighted by atomic mass is 127. The number of nitrogens with zero attached hydrogens (tertiary/aromatic N) is 3. The molecule has 0 spiro atoms. The summed E-state index contributed by atoms with van der Waals surface area (Å²) in [6.07, 6.45) is 6.24. The van der Waals surface area contributed by atoms with Crippen molar-refractivity contribution < 1.29 is 0 Å². The Labute approximate surface area is 168 Å². The van der Waals surface area contributed by atoms with E-state index in [1.165, 1.54) is 12.0 Å². The van der Waals surface area contributed by atoms with Crippen LogP contribution in [0.2, 0.25) is 0 Å². The molecule has 0 atom stereocenters. The van der Waals surface area contributed by atoms with Gasteiger partial charge in [-0.2, -0.15) is 0 Å². The van der Waals surface area contributed by atoms with Crippen LogP contribution in [0, 0.1) is 5.92 Å². The predicted molar refractivity (Wildman–Crippen MR) is 115 cm³/mol. The third-order valence-electron chi connectivity index (χ3n) is 3.89. The van der Waals surface area contributed by atoms with Crippen molar-refractivity contribution in [2.45, 2.75) is 39.8 Å². The van der Waals surface area contributed by atoms with E-state index in [1.54, 1.807) is 7.05 Å². The van der Waals surface area contributed by atoms with Gasteiger partial charge in [0.2, 0.25) is 0 Å². The van der Waals surface area contributed by atoms with Crippen molar-refractivity contribution in [3.8, 4) is 0 Å². The van der Waals surface area contributed by atoms with Gasteiger partial charge >= 0.3 is 0 Å². The monoisotopic (exact) mass is 455 g/mol. The van der Waals surface area contributed by atoms with Gasteiger partial charge in [0.15, 0.2) is 5.96 Å². The first-order valence-electron chi connectivity index (χ1n) is 8.67. The van der Waals surface area contributed by atoms with Crippen molar-refractivity contribution in [2.24, 2.45) is 10.9 Å². The topological polar surface area (TPSA) is 54.2 Å². The van der Waals surface area contributed by atoms with E-state index in [4.69, 9.17) is 0 Å². The average molecular weight is 455 g/mol. The van der Waals surface area contributed by atoms with Gasteiger partial charge in [-0.25, -0.2) is 4.98 Å². The molecule has 0 aliphatic rings. The Kier molecular flexibility index (Phi) is 10.2. The molecule has 1 aromatic heterocycles. The van der Waals surface area contributed by atoms with Crippen LogP contribution < -0.4 is 10.6 Å². The van der Waals surface area contributed by atoms with Crippen LogP contribution in [0.1, 0.15) is 38.1 Å². The van der Waals surface area contributed by atoms with E-state index in [0.29, 0.717) is 6.54 Å². The molecule has 1 aromatic carbocycles. The van der Waals surface area contributed by atoms with Crippen LogP contribution in [0.15, 0.2) is 47.7 Å². The lowest BCUT2D eigenvalue weighted by atomic mass is 10.1. The van der Waals surface area contributed by atoms with Crippen molar-refractivity contribution in [3.63, 3.8) is 0 Å². The molecule has 0 unspecified atom stereocenters. The number of imidazole rings is 1. The quantitative estimate of drug-likeness (QED) is 0.277. The van der Waals surface area contributed by atoms with Crippen molar-refractivity contribution in [2.75, 3.05) is 13.6 Å². The van der Waals surface area contributed by atoms with Crippen LogP contribution in [-0.4, -0.2) is 29.1 Å². The van der Waals surface area contributed by atoms with E-state index in [9.17, 15) is 0 Å². The number of halogens is 1. The maximum Gasteiger partial charge on any atom is 0.191 e. The van der Waals surface area contributed by atoms with Crippen LogP contribution in [0.5, 0.6) is 0 Å². The molecular formula is C19H30IN5. The van der Waals surface area contributed by atoms with Gasteiger partial charge in [-0.15, -0.1) is 24.0 Å². The summed E-state index contributed by atoms with van der Waals surface area (Å²) in [6.45, 7) is 6.93. The Bertz CT molecular complexity index is 622. The molecule has 2 aromatic rings. The van der Waals surface area contributed by atoms with Crippen LogP contribution >= 0.6 is 24.0 Å². The molecule has 0 aliphatic carbocycles. The summed E-state index contributed by atoms with van der Waals surface area (Å²) >= 11 is 0. The summed E-state index contributed by atoms with van der Waals surface area (Å²) in [5.41, 5.74) is 1.27. The summed E-state index contributed by atoms with van der Waals surface area (Å²) < 4.78 is 2.16. The average Bonchev–Trinajstić information content (AvgIpc) is 3.02. The maximum absolute atomic E-state index is 4.46. The SMILES string of the molecule is CN=C(NCCCC(C)C)NCc1nccn1Cc1ccccc1.I. The first-order valence-corrected chi connectivity index (χ1v) is 8.67. The van der Waals surface area contributed by atoms with Crippen molar-refractivity contribution in [3.05, 3.63) is 54.1 Å². The van der Waals surface area contributed by atoms with Crippen molar-refractivity contribution >= 4 is 29.9 Å². The summed E-state index contributed by atoms with van der Waals surface area (Å²) in [5, 5.41) is 6.70. The maximum atomic E-state index is 4.46. The number of benzene rings is 1. The molecule has 0 aliphatic heterocycles. The van der Waals surface area contributed by atoms with Gasteiger partial charge in [-0.3, -0.25) is 4.99 Å². The van der Waals surface area contributed by atoms with Gasteiger partial charge in [-0.05, 0) is 24.3 Å². The van der Waals surface area contributed by atoms with Crippen LogP contribution in [-0.2, 0) is 13.1 Å². The first kappa shape index (κ1) is 21.5. The van der Waals surface area contributed by atoms with E-state index in [2.05, 4.69) is 63.3 Å². The number of hydrogen-bond acceptors (Lipinski definition) is 2. The second-order valence-corrected chi connectivity index (χ2v) is 6.35. The number of guanidine groups is 1. The second-order valence-electron chi connectivity index (χ2n) is 6.35. The third kappa shape index (κ3) is 7.90. The van der Waals surface area contributed by atoms with Gasteiger partial charge in [0, 0.05) is 32.5 Å². The summed E-state index contributed by atoms with van der Waals surface area (Å²) in [4.78, 5) is 8.73. The molecule has 5 nitrogen and oxygen atoms in total. The smallest absolute Gasteiger partial charge is 0.191 e. The minimum absolute atomic E-state index is 0. The molecule has 2 N–H and O–H groups in total. The lowest BCUT2D eigenvalue weighted by molar-refractivity contribution is 0.549. The number of hydrogen-bond donors (Lipinski definition) is 2. The molecule has 0 bridgehead atoms. The minimum atomic E-state index is 0. The molecule has 0 saturated carbocycles. The molecule has 2 rings (SSSR count). The lowest BCUT2D eigenvalue weighted by Crippen LogP contribution is -2.38. The predicted octanol–water partition coefficient (Wildman–Crippen LogP) is 3.65. The molecule has 0 fully saturated rings. The molecule has 25 heavy (non-hydrogen) atoms. The Morgan fingerprint density at radius 1 is 1.20 bits per heavy atom. The van der Waals surface area contributed by atoms with E-state index in [-0.39, 0.29) is 24.0 Å². The molecule has 0 radical (unpaired) electrons. The largest absolute Gasteiger partial charge is 0.356 e. The van der Waals surface area contributed by atoms with Crippen LogP contribution in [0.3, 0.4) is 0 Å². The van der Waals surface area contributed by atoms with Gasteiger partial charge in [-0.1, -0.05) is 44.2 Å². The number of nitrogens with one attached hydrogen (secondary N) is 2. The fourth-order valence-corrected chi connectivity index (χ4v) is 2.53. The first-order chi connectivity index (χ1) is 11.7. The number of aliphatic imine (C=N–C) groups is 1. The number of aromatic nitrogens is 2. The van der Waals surface area contributed by atoms with Crippen molar-refractivity contribution in [1.29, 1.82) is 0 Å². The van der Waals surface area contributed by atoms with Gasteiger partial charge < -0.3 is 15.2 Å². The third-order valence-corrected chi connectivity index (χ3v) is 3.89. The molecule has 0 saturated heterocycles. The zero-order valence-corrected chi connectivity index (χ0v) is 17.7. The highest BCUT2D eigenvalue weighted by Gasteiger charge is 2.05. The van der Waals surface area contributed by atoms with E-state index in [0.717, 1.165) is 37.2 Å². The van der Waals surface area contributed by atoms with Crippen LogP contribution in [0.4, 0.5) is 0 Å². The normalized spacial score (nSPS) is 11.3. The molecule has 138 valence electrons. The second kappa shape index (κ2) is 11.9. The standard InChI is InChI=1S/C19H29N5.HI/c1-16(2)8-7-11-22-19(20-3)23-14-18-21-12-13-24(18)15-17-9-5-4-6-10-17;/h4-6,9-10,12-13,16H,7-8,11,14-15H2,1-3H3,(H2,20,22,23);1H. The highest BCUT2D eigenvalue weighted by Crippen LogP contribution is 2.05. The summed E-state index contributed by atoms with van der Waals surface area (Å²) in [6, 6.07) is 10.4. The van der Waals surface area contributed by atoms with Crippen LogP contribution in [0.25, 0.3) is 0 Å². The lowest BCUT2D eigenvalue weighted by Gasteiger charge is -2.13. The van der Waals surface area contributed by atoms with E-state index < -0.39 is 0 Å². The van der Waals surface area contributed by atoms with Gasteiger partial charge in [0.1, 0.15) is 5.82 Å². The molecule has 6 heteroatoms. The Morgan fingerprint density at radius 2 is 1.96 bits per heavy atom. The fraction of sp³-hybridized carbons (Fsp3) is 0.474. The fourth-order valence-electron chi connectivity index (χ4n) is 2.53.